The van der Waals surface area contributed by atoms with Crippen LogP contribution in [0.3, 0.4) is 0 Å². The molecule has 8 heteroatoms. The number of allylic oxidation sites excluding steroid dienone is 1. The van der Waals surface area contributed by atoms with Crippen LogP contribution >= 0.6 is 22.7 Å². The van der Waals surface area contributed by atoms with Crippen molar-refractivity contribution in [3.8, 4) is 28.7 Å². The molecule has 39 heavy (non-hydrogen) atoms. The zero-order chi connectivity index (χ0) is 28.7. The van der Waals surface area contributed by atoms with Gasteiger partial charge in [0.15, 0.2) is 0 Å². The van der Waals surface area contributed by atoms with E-state index in [0.717, 1.165) is 25.4 Å². The average Bonchev–Trinajstić information content (AvgIpc) is 3.58. The molecule has 2 heterocycles. The van der Waals surface area contributed by atoms with Crippen molar-refractivity contribution in [2.24, 2.45) is 5.41 Å². The number of benzene rings is 1. The van der Waals surface area contributed by atoms with Crippen LogP contribution in [-0.2, 0) is 22.7 Å². The van der Waals surface area contributed by atoms with Crippen LogP contribution < -0.4 is 4.74 Å². The number of likely N-dealkylation sites (N-methyl/N-ethyl adjacent to an activating group) is 1. The number of rotatable bonds is 11. The molecule has 0 radical (unpaired) electrons. The Labute approximate surface area is 238 Å². The molecular formula is C31H35NO5S2. The van der Waals surface area contributed by atoms with Crippen molar-refractivity contribution in [3.63, 3.8) is 0 Å². The fourth-order valence-corrected chi connectivity index (χ4v) is 4.62. The number of ether oxygens (including phenoxy) is 1. The summed E-state index contributed by atoms with van der Waals surface area (Å²) in [6, 6.07) is 12.8. The Bertz CT molecular complexity index is 1290. The number of nitrogens with zero attached hydrogens (tertiary/aromatic N) is 1. The number of carbonyl (C=O) groups is 2. The maximum Gasteiger partial charge on any atom is 0.328 e. The van der Waals surface area contributed by atoms with Crippen molar-refractivity contribution in [3.05, 3.63) is 87.3 Å². The van der Waals surface area contributed by atoms with Crippen LogP contribution in [0.5, 0.6) is 5.75 Å². The smallest absolute Gasteiger partial charge is 0.328 e. The molecular weight excluding hydrogens is 530 g/mol. The molecule has 0 saturated carbocycles. The molecule has 6 nitrogen and oxygen atoms in total. The molecule has 0 aliphatic carbocycles. The highest BCUT2D eigenvalue weighted by Crippen LogP contribution is 2.28. The highest BCUT2D eigenvalue weighted by atomic mass is 32.1. The van der Waals surface area contributed by atoms with Gasteiger partial charge in [0, 0.05) is 35.5 Å². The third-order valence-electron chi connectivity index (χ3n) is 5.02. The summed E-state index contributed by atoms with van der Waals surface area (Å²) in [6.45, 7) is 11.9. The van der Waals surface area contributed by atoms with E-state index in [-0.39, 0.29) is 5.41 Å². The second-order valence-electron chi connectivity index (χ2n) is 9.51. The number of hydrogen-bond donors (Lipinski definition) is 2. The summed E-state index contributed by atoms with van der Waals surface area (Å²) >= 11 is 3.48. The molecule has 0 amide bonds. The summed E-state index contributed by atoms with van der Waals surface area (Å²) in [6.07, 6.45) is 5.23. The molecule has 0 aliphatic heterocycles. The van der Waals surface area contributed by atoms with Crippen LogP contribution in [0.25, 0.3) is 11.1 Å². The zero-order valence-electron chi connectivity index (χ0n) is 22.7. The van der Waals surface area contributed by atoms with Crippen LogP contribution in [0, 0.1) is 17.3 Å². The Kier molecular flexibility index (Phi) is 13.2. The van der Waals surface area contributed by atoms with Crippen LogP contribution in [0.1, 0.15) is 38.1 Å². The lowest BCUT2D eigenvalue weighted by molar-refractivity contribution is -0.134. The molecule has 0 spiro atoms. The van der Waals surface area contributed by atoms with Gasteiger partial charge >= 0.3 is 11.9 Å². The number of thiophene rings is 2. The van der Waals surface area contributed by atoms with E-state index in [1.54, 1.807) is 22.7 Å². The molecule has 0 aliphatic rings. The van der Waals surface area contributed by atoms with Gasteiger partial charge in [0.1, 0.15) is 12.4 Å². The van der Waals surface area contributed by atoms with Gasteiger partial charge in [-0.25, -0.2) is 9.59 Å². The number of carboxylic acid groups (broad SMARTS) is 2. The first-order valence-electron chi connectivity index (χ1n) is 12.4. The molecule has 0 atom stereocenters. The van der Waals surface area contributed by atoms with Crippen molar-refractivity contribution >= 4 is 34.6 Å². The quantitative estimate of drug-likeness (QED) is 0.189. The molecule has 0 fully saturated rings. The van der Waals surface area contributed by atoms with E-state index in [9.17, 15) is 9.59 Å². The fraction of sp³-hybridized carbons (Fsp3) is 0.290. The first kappa shape index (κ1) is 31.6. The van der Waals surface area contributed by atoms with Crippen molar-refractivity contribution in [1.29, 1.82) is 0 Å². The minimum atomic E-state index is -1.26. The molecule has 3 rings (SSSR count). The summed E-state index contributed by atoms with van der Waals surface area (Å²) in [5, 5.41) is 22.1. The summed E-state index contributed by atoms with van der Waals surface area (Å²) in [7, 11) is 0. The van der Waals surface area contributed by atoms with Crippen molar-refractivity contribution < 1.29 is 24.5 Å². The van der Waals surface area contributed by atoms with Gasteiger partial charge in [0.2, 0.25) is 0 Å². The third-order valence-corrected chi connectivity index (χ3v) is 6.62. The molecule has 0 saturated heterocycles. The van der Waals surface area contributed by atoms with E-state index in [0.29, 0.717) is 18.8 Å². The Hall–Kier alpha value is -3.64. The van der Waals surface area contributed by atoms with Gasteiger partial charge in [-0.15, -0.1) is 11.3 Å². The minimum Gasteiger partial charge on any atom is -0.488 e. The molecule has 3 aromatic rings. The third kappa shape index (κ3) is 13.6. The van der Waals surface area contributed by atoms with Crippen molar-refractivity contribution in [2.75, 3.05) is 13.1 Å². The van der Waals surface area contributed by atoms with E-state index in [1.165, 1.54) is 21.6 Å². The maximum atomic E-state index is 9.55. The molecule has 2 N–H and O–H groups in total. The lowest BCUT2D eigenvalue weighted by Gasteiger charge is -2.18. The first-order chi connectivity index (χ1) is 18.6. The van der Waals surface area contributed by atoms with Gasteiger partial charge < -0.3 is 14.9 Å². The van der Waals surface area contributed by atoms with Crippen LogP contribution in [-0.4, -0.2) is 40.1 Å². The largest absolute Gasteiger partial charge is 0.488 e. The first-order valence-corrected chi connectivity index (χ1v) is 14.2. The van der Waals surface area contributed by atoms with E-state index >= 15 is 0 Å². The second-order valence-corrected chi connectivity index (χ2v) is 11.3. The normalized spacial score (nSPS) is 11.2. The standard InChI is InChI=1S/C27H31NOS2.C4H4O4/c1-5-28(14-8-6-7-13-27(2,3)4)18-22-10-9-11-25(16-22)29-19-26-17-24(21-31-26)23-12-15-30-20-23;5-3(6)1-2-4(7)8/h6,8-12,15-17,20-21H,5,14,18-19H2,1-4H3;1-2H,(H,5,6)(H,7,8)/b8-6+;2-1+. The topological polar surface area (TPSA) is 87.1 Å². The Morgan fingerprint density at radius 1 is 1.05 bits per heavy atom. The number of aliphatic carboxylic acids is 2. The SMILES string of the molecule is CCN(C/C=C/C#CC(C)(C)C)Cc1cccc(OCc2cc(-c3ccsc3)cs2)c1.O=C(O)/C=C/C(=O)O. The van der Waals surface area contributed by atoms with Gasteiger partial charge in [0.25, 0.3) is 0 Å². The lowest BCUT2D eigenvalue weighted by Crippen LogP contribution is -2.22. The molecule has 1 aromatic carbocycles. The molecule has 2 aromatic heterocycles. The van der Waals surface area contributed by atoms with Gasteiger partial charge in [0.05, 0.1) is 0 Å². The van der Waals surface area contributed by atoms with Crippen molar-refractivity contribution in [1.82, 2.24) is 4.90 Å². The van der Waals surface area contributed by atoms with Crippen LogP contribution in [0.15, 0.2) is 76.8 Å². The van der Waals surface area contributed by atoms with E-state index in [2.05, 4.69) is 97.0 Å². The Morgan fingerprint density at radius 2 is 1.79 bits per heavy atom. The van der Waals surface area contributed by atoms with Crippen LogP contribution in [0.2, 0.25) is 0 Å². The van der Waals surface area contributed by atoms with E-state index in [4.69, 9.17) is 14.9 Å². The summed E-state index contributed by atoms with van der Waals surface area (Å²) < 4.78 is 6.09. The van der Waals surface area contributed by atoms with Gasteiger partial charge in [-0.2, -0.15) is 11.3 Å². The van der Waals surface area contributed by atoms with Gasteiger partial charge in [-0.3, -0.25) is 4.90 Å². The highest BCUT2D eigenvalue weighted by molar-refractivity contribution is 7.10. The van der Waals surface area contributed by atoms with Crippen LogP contribution in [0.4, 0.5) is 0 Å². The summed E-state index contributed by atoms with van der Waals surface area (Å²) in [5.74, 6) is 4.79. The van der Waals surface area contributed by atoms with Gasteiger partial charge in [-0.1, -0.05) is 37.0 Å². The molecule has 0 bridgehead atoms. The number of hydrogen-bond acceptors (Lipinski definition) is 6. The van der Waals surface area contributed by atoms with Gasteiger partial charge in [-0.05, 0) is 90.5 Å². The number of carboxylic acids is 2. The Balaban J connectivity index is 0.000000580. The molecule has 206 valence electrons. The highest BCUT2D eigenvalue weighted by Gasteiger charge is 2.06. The van der Waals surface area contributed by atoms with Crippen molar-refractivity contribution in [2.45, 2.75) is 40.8 Å². The monoisotopic (exact) mass is 565 g/mol. The lowest BCUT2D eigenvalue weighted by atomic mass is 9.98. The predicted octanol–water partition coefficient (Wildman–Crippen LogP) is 7.20. The summed E-state index contributed by atoms with van der Waals surface area (Å²) in [4.78, 5) is 22.7. The maximum absolute atomic E-state index is 9.55. The van der Waals surface area contributed by atoms with E-state index in [1.807, 2.05) is 12.1 Å². The predicted molar refractivity (Wildman–Crippen MR) is 160 cm³/mol. The Morgan fingerprint density at radius 3 is 2.41 bits per heavy atom. The zero-order valence-corrected chi connectivity index (χ0v) is 24.3. The minimum absolute atomic E-state index is 0.0454. The average molecular weight is 566 g/mol. The second kappa shape index (κ2) is 16.4. The van der Waals surface area contributed by atoms with E-state index < -0.39 is 11.9 Å². The summed E-state index contributed by atoms with van der Waals surface area (Å²) in [5.41, 5.74) is 3.87. The fourth-order valence-electron chi connectivity index (χ4n) is 3.15. The molecule has 0 unspecified atom stereocenters.